The highest BCUT2D eigenvalue weighted by atomic mass is 16.8. The van der Waals surface area contributed by atoms with E-state index >= 15 is 0 Å². The lowest BCUT2D eigenvalue weighted by Gasteiger charge is -2.75. The first-order valence-electron chi connectivity index (χ1n) is 28.1. The Hall–Kier alpha value is -1.37. The predicted octanol–water partition coefficient (Wildman–Crippen LogP) is -1.23. The lowest BCUT2D eigenvalue weighted by molar-refractivity contribution is -0.406. The fraction of sp³-hybridized carbons (Fsp3) is 0.981. The Bertz CT molecular complexity index is 2140. The summed E-state index contributed by atoms with van der Waals surface area (Å²) in [6.07, 6.45) is -30.0. The van der Waals surface area contributed by atoms with E-state index in [9.17, 15) is 71.2 Å². The average Bonchev–Trinajstić information content (AvgIpc) is 3.94. The van der Waals surface area contributed by atoms with Gasteiger partial charge in [-0.25, -0.2) is 4.79 Å². The van der Waals surface area contributed by atoms with Crippen LogP contribution in [0.5, 0.6) is 0 Å². The van der Waals surface area contributed by atoms with Gasteiger partial charge in [0.2, 0.25) is 0 Å². The van der Waals surface area contributed by atoms with Crippen LogP contribution in [0.25, 0.3) is 0 Å². The molecule has 0 aromatic heterocycles. The molecule has 5 saturated heterocycles. The second-order valence-electron chi connectivity index (χ2n) is 27.1. The maximum absolute atomic E-state index is 13.2. The van der Waals surface area contributed by atoms with E-state index in [2.05, 4.69) is 48.5 Å². The summed E-state index contributed by atoms with van der Waals surface area (Å²) in [4.78, 5) is 13.2. The first-order chi connectivity index (χ1) is 36.0. The molecule has 77 heavy (non-hydrogen) atoms. The Kier molecular flexibility index (Phi) is 15.6. The molecule has 5 aliphatic heterocycles. The monoisotopic (exact) mass is 1100 g/mol. The zero-order chi connectivity index (χ0) is 56.1. The summed E-state index contributed by atoms with van der Waals surface area (Å²) in [6.45, 7) is 16.3. The fourth-order valence-corrected chi connectivity index (χ4v) is 17.9. The number of aliphatic carboxylic acids is 1. The molecule has 0 aromatic carbocycles. The molecular formula is C54H88O23. The van der Waals surface area contributed by atoms with Crippen molar-refractivity contribution >= 4 is 5.97 Å². The van der Waals surface area contributed by atoms with Crippen LogP contribution in [-0.4, -0.2) is 233 Å². The Labute approximate surface area is 449 Å². The standard InChI is InChI=1S/C54H88O23/c1-22-30(58)33(61)36(64)44(70-22)76-41-35(63)32(60)24(20-56)72-46(41)74-39-38(66)40(43(67)68)75-47(42(39)77-45-37(65)34(62)31(59)23(19-55)71-45)73-29-11-12-50(6)25(49(29,4)5)9-13-51(7)26(50)10-14-54-27-17-48(2,3)15-16-53(27,21-69-54)28(57)18-52(51,54)8/h22-42,44-47,55-66H,9-21H2,1-8H3,(H,67,68)/t22-,23+,24+,25-,26+,27+,28+,29-,30-,31+,32-,33+,34-,35-,36+,37+,38-,39-,40-,41+,42+,44-,45-,46-,47+,50-,51+,52-,53+,54-/m0/s1. The lowest BCUT2D eigenvalue weighted by atomic mass is 9.30. The number of carbonyl (C=O) groups is 1. The molecule has 10 aliphatic rings. The predicted molar refractivity (Wildman–Crippen MR) is 261 cm³/mol. The highest BCUT2D eigenvalue weighted by Crippen LogP contribution is 2.80. The van der Waals surface area contributed by atoms with Gasteiger partial charge >= 0.3 is 5.97 Å². The number of hydrogen-bond donors (Lipinski definition) is 13. The molecule has 0 aromatic rings. The number of rotatable bonds is 11. The van der Waals surface area contributed by atoms with Crippen molar-refractivity contribution in [2.75, 3.05) is 19.8 Å². The van der Waals surface area contributed by atoms with Gasteiger partial charge in [0, 0.05) is 10.8 Å². The Morgan fingerprint density at radius 3 is 1.75 bits per heavy atom. The summed E-state index contributed by atoms with van der Waals surface area (Å²) in [6, 6.07) is 0. The molecule has 2 bridgehead atoms. The zero-order valence-corrected chi connectivity index (χ0v) is 45.5. The third kappa shape index (κ3) is 8.87. The van der Waals surface area contributed by atoms with Gasteiger partial charge in [-0.1, -0.05) is 48.5 Å². The van der Waals surface area contributed by atoms with Gasteiger partial charge < -0.3 is 109 Å². The number of aliphatic hydroxyl groups is 12. The van der Waals surface area contributed by atoms with Crippen molar-refractivity contribution in [3.05, 3.63) is 0 Å². The van der Waals surface area contributed by atoms with Crippen LogP contribution in [0.3, 0.4) is 0 Å². The molecule has 30 atom stereocenters. The van der Waals surface area contributed by atoms with Crippen LogP contribution in [0.4, 0.5) is 0 Å². The number of carboxylic acids is 1. The van der Waals surface area contributed by atoms with Gasteiger partial charge in [0.1, 0.15) is 85.5 Å². The maximum atomic E-state index is 13.2. The SMILES string of the molecule is C[C@@H]1O[C@@H](O[C@H]2[C@H](O[C@H]3[C@H](O)[C@@H](C(=O)O)O[C@@H](O[C@H]4CC[C@]5(C)[C@H]6CC[C@]78OC[C@@]9(CCC(C)(C)C[C@H]97)[C@H](O)C[C@@]8(C)[C@]6(C)CC[C@H]5C4(C)C)[C@@H]3O[C@@H]3O[C@H](CO)[C@@H](O)[C@H](O)[C@H]3O)O[C@H](CO)[C@H](O)[C@@H]2O)[C@H](O)[C@H](O)[C@H]1O. The third-order valence-electron chi connectivity index (χ3n) is 22.5. The molecule has 10 fully saturated rings. The summed E-state index contributed by atoms with van der Waals surface area (Å²) in [5, 5.41) is 143. The van der Waals surface area contributed by atoms with Crippen LogP contribution in [0.15, 0.2) is 0 Å². The minimum absolute atomic E-state index is 0.0214. The van der Waals surface area contributed by atoms with Gasteiger partial charge in [0.15, 0.2) is 31.3 Å². The summed E-state index contributed by atoms with van der Waals surface area (Å²) >= 11 is 0. The largest absolute Gasteiger partial charge is 0.479 e. The topological polar surface area (TPSA) is 363 Å². The van der Waals surface area contributed by atoms with E-state index < -0.39 is 160 Å². The number of fused-ring (bicyclic) bond motifs is 4. The summed E-state index contributed by atoms with van der Waals surface area (Å²) < 4.78 is 56.4. The normalized spacial score (nSPS) is 57.0. The first-order valence-corrected chi connectivity index (χ1v) is 28.1. The summed E-state index contributed by atoms with van der Waals surface area (Å²) in [7, 11) is 0. The van der Waals surface area contributed by atoms with Crippen molar-refractivity contribution in [2.45, 2.75) is 260 Å². The quantitative estimate of drug-likeness (QED) is 0.108. The lowest BCUT2D eigenvalue weighted by Crippen LogP contribution is -2.74. The molecule has 442 valence electrons. The van der Waals surface area contributed by atoms with E-state index in [0.29, 0.717) is 25.9 Å². The van der Waals surface area contributed by atoms with E-state index in [-0.39, 0.29) is 50.4 Å². The van der Waals surface area contributed by atoms with Crippen molar-refractivity contribution in [2.24, 2.45) is 50.2 Å². The van der Waals surface area contributed by atoms with Crippen molar-refractivity contribution in [3.63, 3.8) is 0 Å². The number of carboxylic acid groups (broad SMARTS) is 1. The van der Waals surface area contributed by atoms with Gasteiger partial charge in [-0.2, -0.15) is 0 Å². The van der Waals surface area contributed by atoms with Gasteiger partial charge in [0.05, 0.1) is 43.7 Å². The van der Waals surface area contributed by atoms with Gasteiger partial charge in [-0.3, -0.25) is 0 Å². The van der Waals surface area contributed by atoms with Gasteiger partial charge in [0.25, 0.3) is 0 Å². The molecule has 23 nitrogen and oxygen atoms in total. The number of aliphatic hydroxyl groups excluding tert-OH is 12. The minimum Gasteiger partial charge on any atom is -0.479 e. The zero-order valence-electron chi connectivity index (χ0n) is 45.5. The highest BCUT2D eigenvalue weighted by molar-refractivity contribution is 5.73. The summed E-state index contributed by atoms with van der Waals surface area (Å²) in [5.41, 5.74) is -1.95. The minimum atomic E-state index is -2.22. The van der Waals surface area contributed by atoms with Crippen molar-refractivity contribution in [3.8, 4) is 0 Å². The number of ether oxygens (including phenoxy) is 9. The average molecular weight is 1110 g/mol. The number of hydrogen-bond acceptors (Lipinski definition) is 22. The molecule has 0 amide bonds. The maximum Gasteiger partial charge on any atom is 0.335 e. The van der Waals surface area contributed by atoms with E-state index in [1.165, 1.54) is 6.92 Å². The molecule has 0 unspecified atom stereocenters. The van der Waals surface area contributed by atoms with E-state index in [4.69, 9.17) is 42.6 Å². The molecule has 5 saturated carbocycles. The molecule has 13 N–H and O–H groups in total. The van der Waals surface area contributed by atoms with Crippen LogP contribution in [0, 0.1) is 50.2 Å². The van der Waals surface area contributed by atoms with Crippen molar-refractivity contribution in [1.82, 2.24) is 0 Å². The second kappa shape index (κ2) is 20.5. The van der Waals surface area contributed by atoms with Crippen LogP contribution in [0.1, 0.15) is 120 Å². The molecule has 1 spiro atoms. The second-order valence-corrected chi connectivity index (χ2v) is 27.1. The van der Waals surface area contributed by atoms with Crippen LogP contribution in [-0.2, 0) is 47.4 Å². The van der Waals surface area contributed by atoms with Crippen molar-refractivity contribution < 1.29 is 114 Å². The molecule has 10 rings (SSSR count). The molecule has 0 radical (unpaired) electrons. The third-order valence-corrected chi connectivity index (χ3v) is 22.5. The van der Waals surface area contributed by atoms with Gasteiger partial charge in [-0.05, 0) is 111 Å². The van der Waals surface area contributed by atoms with E-state index in [0.717, 1.165) is 44.9 Å². The Morgan fingerprint density at radius 2 is 1.10 bits per heavy atom. The highest BCUT2D eigenvalue weighted by Gasteiger charge is 2.80. The molecular weight excluding hydrogens is 1020 g/mol. The smallest absolute Gasteiger partial charge is 0.335 e. The first kappa shape index (κ1) is 58.8. The van der Waals surface area contributed by atoms with Gasteiger partial charge in [-0.15, -0.1) is 0 Å². The van der Waals surface area contributed by atoms with Crippen LogP contribution < -0.4 is 0 Å². The van der Waals surface area contributed by atoms with Crippen LogP contribution >= 0.6 is 0 Å². The molecule has 5 aliphatic carbocycles. The van der Waals surface area contributed by atoms with E-state index in [1.807, 2.05) is 0 Å². The Balaban J connectivity index is 0.969. The van der Waals surface area contributed by atoms with E-state index in [1.54, 1.807) is 0 Å². The Morgan fingerprint density at radius 1 is 0.532 bits per heavy atom. The van der Waals surface area contributed by atoms with Crippen LogP contribution in [0.2, 0.25) is 0 Å². The summed E-state index contributed by atoms with van der Waals surface area (Å²) in [5.74, 6) is -1.19. The molecule has 23 heteroatoms. The fourth-order valence-electron chi connectivity index (χ4n) is 17.9. The van der Waals surface area contributed by atoms with Crippen molar-refractivity contribution in [1.29, 1.82) is 0 Å². The molecule has 5 heterocycles.